The second-order valence-electron chi connectivity index (χ2n) is 10.6. The lowest BCUT2D eigenvalue weighted by Gasteiger charge is -2.34. The fourth-order valence-corrected chi connectivity index (χ4v) is 5.51. The van der Waals surface area contributed by atoms with E-state index in [9.17, 15) is 5.26 Å². The van der Waals surface area contributed by atoms with E-state index in [0.717, 1.165) is 55.2 Å². The average Bonchev–Trinajstić information content (AvgIpc) is 3.48. The summed E-state index contributed by atoms with van der Waals surface area (Å²) in [6, 6.07) is 27.6. The standard InChI is InChI=1S/C33H26N12/c34-18-23-3-1-4-24(17-23)27-10-11-28-32(40-27)45(31(41-28)26-5-2-12-37-30(26)36)25-8-6-22(7-9-25)20-43-13-15-44(16-14-43)33-39-21-38-29(19-35)42-33/h1-12,17,21H,13-16,20H2,(H2,36,37). The number of imidazole rings is 1. The number of pyridine rings is 2. The van der Waals surface area contributed by atoms with Crippen molar-refractivity contribution < 1.29 is 0 Å². The van der Waals surface area contributed by atoms with Gasteiger partial charge in [-0.15, -0.1) is 0 Å². The van der Waals surface area contributed by atoms with E-state index < -0.39 is 0 Å². The molecule has 0 amide bonds. The maximum Gasteiger partial charge on any atom is 0.236 e. The van der Waals surface area contributed by atoms with Crippen LogP contribution >= 0.6 is 0 Å². The normalized spacial score (nSPS) is 13.4. The van der Waals surface area contributed by atoms with Crippen molar-refractivity contribution in [3.63, 3.8) is 0 Å². The molecule has 0 aliphatic carbocycles. The van der Waals surface area contributed by atoms with Crippen molar-refractivity contribution in [2.24, 2.45) is 0 Å². The molecule has 0 radical (unpaired) electrons. The first kappa shape index (κ1) is 27.6. The molecule has 1 fully saturated rings. The van der Waals surface area contributed by atoms with E-state index >= 15 is 0 Å². The lowest BCUT2D eigenvalue weighted by atomic mass is 10.1. The minimum Gasteiger partial charge on any atom is -0.383 e. The lowest BCUT2D eigenvalue weighted by Crippen LogP contribution is -2.46. The predicted octanol–water partition coefficient (Wildman–Crippen LogP) is 3.98. The molecule has 45 heavy (non-hydrogen) atoms. The van der Waals surface area contributed by atoms with Gasteiger partial charge in [-0.3, -0.25) is 9.47 Å². The smallest absolute Gasteiger partial charge is 0.236 e. The highest BCUT2D eigenvalue weighted by molar-refractivity contribution is 5.84. The Morgan fingerprint density at radius 3 is 2.42 bits per heavy atom. The van der Waals surface area contributed by atoms with Crippen LogP contribution in [-0.2, 0) is 6.54 Å². The number of fused-ring (bicyclic) bond motifs is 1. The maximum atomic E-state index is 9.41. The highest BCUT2D eigenvalue weighted by Gasteiger charge is 2.21. The zero-order valence-corrected chi connectivity index (χ0v) is 24.1. The van der Waals surface area contributed by atoms with Crippen LogP contribution in [0.25, 0.3) is 39.5 Å². The molecule has 7 rings (SSSR count). The van der Waals surface area contributed by atoms with Gasteiger partial charge in [0.05, 0.1) is 22.9 Å². The summed E-state index contributed by atoms with van der Waals surface area (Å²) < 4.78 is 2.01. The molecule has 0 saturated carbocycles. The fraction of sp³-hybridized carbons (Fsp3) is 0.152. The summed E-state index contributed by atoms with van der Waals surface area (Å²) in [5, 5.41) is 18.5. The molecule has 12 heteroatoms. The number of nitrogens with two attached hydrogens (primary N) is 1. The first-order chi connectivity index (χ1) is 22.1. The van der Waals surface area contributed by atoms with Crippen LogP contribution in [0.3, 0.4) is 0 Å². The average molecular weight is 591 g/mol. The molecule has 12 nitrogen and oxygen atoms in total. The number of aromatic nitrogens is 7. The number of piperazine rings is 1. The van der Waals surface area contributed by atoms with Crippen LogP contribution in [0.1, 0.15) is 17.0 Å². The van der Waals surface area contributed by atoms with Crippen LogP contribution in [0.2, 0.25) is 0 Å². The van der Waals surface area contributed by atoms with Crippen molar-refractivity contribution in [3.8, 4) is 40.5 Å². The molecule has 2 N–H and O–H groups in total. The Hall–Kier alpha value is -6.24. The zero-order valence-electron chi connectivity index (χ0n) is 24.1. The number of rotatable bonds is 6. The van der Waals surface area contributed by atoms with Gasteiger partial charge in [-0.1, -0.05) is 24.3 Å². The minimum absolute atomic E-state index is 0.127. The number of anilines is 2. The van der Waals surface area contributed by atoms with Crippen molar-refractivity contribution >= 4 is 22.9 Å². The monoisotopic (exact) mass is 590 g/mol. The van der Waals surface area contributed by atoms with E-state index in [1.165, 1.54) is 11.9 Å². The van der Waals surface area contributed by atoms with Crippen molar-refractivity contribution in [2.45, 2.75) is 6.54 Å². The number of hydrogen-bond acceptors (Lipinski definition) is 11. The predicted molar refractivity (Wildman–Crippen MR) is 169 cm³/mol. The summed E-state index contributed by atoms with van der Waals surface area (Å²) >= 11 is 0. The van der Waals surface area contributed by atoms with E-state index in [1.807, 2.05) is 53.1 Å². The topological polar surface area (TPSA) is 162 Å². The van der Waals surface area contributed by atoms with Gasteiger partial charge in [-0.05, 0) is 54.1 Å². The molecule has 1 aliphatic rings. The summed E-state index contributed by atoms with van der Waals surface area (Å²) in [5.41, 5.74) is 12.6. The van der Waals surface area contributed by atoms with Crippen molar-refractivity contribution in [3.05, 3.63) is 102 Å². The van der Waals surface area contributed by atoms with Crippen LogP contribution in [0.5, 0.6) is 0 Å². The molecule has 218 valence electrons. The van der Waals surface area contributed by atoms with Gasteiger partial charge in [0.2, 0.25) is 11.8 Å². The van der Waals surface area contributed by atoms with Gasteiger partial charge in [0.1, 0.15) is 23.7 Å². The van der Waals surface area contributed by atoms with E-state index in [0.29, 0.717) is 34.4 Å². The third kappa shape index (κ3) is 5.49. The number of hydrogen-bond donors (Lipinski definition) is 1. The Bertz CT molecular complexity index is 2100. The molecular formula is C33H26N12. The van der Waals surface area contributed by atoms with Crippen molar-refractivity contribution in [1.29, 1.82) is 10.5 Å². The molecule has 6 aromatic rings. The van der Waals surface area contributed by atoms with Crippen LogP contribution < -0.4 is 10.6 Å². The van der Waals surface area contributed by atoms with E-state index in [4.69, 9.17) is 21.0 Å². The van der Waals surface area contributed by atoms with Crippen LogP contribution in [0.15, 0.2) is 85.3 Å². The summed E-state index contributed by atoms with van der Waals surface area (Å²) in [7, 11) is 0. The zero-order chi connectivity index (χ0) is 30.8. The molecule has 0 bridgehead atoms. The van der Waals surface area contributed by atoms with Crippen molar-refractivity contribution in [2.75, 3.05) is 36.8 Å². The Labute approximate surface area is 258 Å². The van der Waals surface area contributed by atoms with Crippen LogP contribution in [0, 0.1) is 22.7 Å². The summed E-state index contributed by atoms with van der Waals surface area (Å²) in [6.45, 7) is 3.99. The van der Waals surface area contributed by atoms with Gasteiger partial charge in [-0.2, -0.15) is 15.5 Å². The first-order valence-electron chi connectivity index (χ1n) is 14.4. The number of nitrogens with zero attached hydrogens (tertiary/aromatic N) is 11. The Kier molecular flexibility index (Phi) is 7.23. The van der Waals surface area contributed by atoms with Crippen molar-refractivity contribution in [1.82, 2.24) is 39.4 Å². The molecular weight excluding hydrogens is 564 g/mol. The van der Waals surface area contributed by atoms with Gasteiger partial charge in [0.15, 0.2) is 11.5 Å². The quantitative estimate of drug-likeness (QED) is 0.298. The van der Waals surface area contributed by atoms with Gasteiger partial charge in [0, 0.05) is 50.2 Å². The highest BCUT2D eigenvalue weighted by atomic mass is 15.3. The van der Waals surface area contributed by atoms with Gasteiger partial charge >= 0.3 is 0 Å². The van der Waals surface area contributed by atoms with E-state index in [2.05, 4.69) is 60.1 Å². The third-order valence-electron chi connectivity index (χ3n) is 7.79. The summed E-state index contributed by atoms with van der Waals surface area (Å²) in [4.78, 5) is 31.0. The molecule has 1 aliphatic heterocycles. The number of nitrogen functional groups attached to an aromatic ring is 1. The Balaban J connectivity index is 1.18. The molecule has 2 aromatic carbocycles. The van der Waals surface area contributed by atoms with E-state index in [-0.39, 0.29) is 5.82 Å². The largest absolute Gasteiger partial charge is 0.383 e. The molecule has 1 saturated heterocycles. The molecule has 0 spiro atoms. The first-order valence-corrected chi connectivity index (χ1v) is 14.4. The lowest BCUT2D eigenvalue weighted by molar-refractivity contribution is 0.248. The molecule has 5 heterocycles. The SMILES string of the molecule is N#Cc1cccc(-c2ccc3nc(-c4cccnc4N)n(-c4ccc(CN5CCN(c6ncnc(C#N)n6)CC5)cc4)c3n2)c1. The van der Waals surface area contributed by atoms with Gasteiger partial charge in [0.25, 0.3) is 0 Å². The summed E-state index contributed by atoms with van der Waals surface area (Å²) in [6.07, 6.45) is 3.04. The van der Waals surface area contributed by atoms with Gasteiger partial charge in [-0.25, -0.2) is 24.9 Å². The second-order valence-corrected chi connectivity index (χ2v) is 10.6. The summed E-state index contributed by atoms with van der Waals surface area (Å²) in [5.74, 6) is 1.69. The highest BCUT2D eigenvalue weighted by Crippen LogP contribution is 2.32. The molecule has 0 atom stereocenters. The Morgan fingerprint density at radius 2 is 1.64 bits per heavy atom. The number of nitriles is 2. The van der Waals surface area contributed by atoms with E-state index in [1.54, 1.807) is 12.3 Å². The van der Waals surface area contributed by atoms with Gasteiger partial charge < -0.3 is 10.6 Å². The fourth-order valence-electron chi connectivity index (χ4n) is 5.51. The molecule has 0 unspecified atom stereocenters. The maximum absolute atomic E-state index is 9.41. The second kappa shape index (κ2) is 11.8. The minimum atomic E-state index is 0.127. The third-order valence-corrected chi connectivity index (χ3v) is 7.79. The number of benzene rings is 2. The van der Waals surface area contributed by atoms with Crippen LogP contribution in [0.4, 0.5) is 11.8 Å². The Morgan fingerprint density at radius 1 is 0.800 bits per heavy atom. The van der Waals surface area contributed by atoms with Crippen LogP contribution in [-0.4, -0.2) is 65.5 Å². The molecule has 4 aromatic heterocycles.